The predicted molar refractivity (Wildman–Crippen MR) is 75.3 cm³/mol. The van der Waals surface area contributed by atoms with Crippen LogP contribution in [0, 0.1) is 5.92 Å². The number of likely N-dealkylation sites (N-methyl/N-ethyl adjacent to an activating group) is 1. The molecule has 1 saturated carbocycles. The first-order valence-corrected chi connectivity index (χ1v) is 7.15. The van der Waals surface area contributed by atoms with Gasteiger partial charge in [-0.25, -0.2) is 0 Å². The molecule has 0 radical (unpaired) electrons. The number of amides is 1. The fourth-order valence-electron chi connectivity index (χ4n) is 2.33. The summed E-state index contributed by atoms with van der Waals surface area (Å²) >= 11 is 0. The van der Waals surface area contributed by atoms with Gasteiger partial charge >= 0.3 is 0 Å². The fraction of sp³-hybridized carbons (Fsp3) is 0.929. The van der Waals surface area contributed by atoms with Crippen molar-refractivity contribution in [3.05, 3.63) is 0 Å². The molecule has 0 aliphatic heterocycles. The molecule has 2 atom stereocenters. The van der Waals surface area contributed by atoms with Gasteiger partial charge in [-0.2, -0.15) is 0 Å². The maximum absolute atomic E-state index is 11.8. The lowest BCUT2D eigenvalue weighted by Gasteiger charge is -2.33. The molecular weight excluding hydrogens is 226 g/mol. The Morgan fingerprint density at radius 2 is 2.00 bits per heavy atom. The van der Waals surface area contributed by atoms with E-state index in [9.17, 15) is 4.79 Å². The van der Waals surface area contributed by atoms with Crippen molar-refractivity contribution in [2.45, 2.75) is 64.6 Å². The number of nitrogens with one attached hydrogen (secondary N) is 1. The maximum atomic E-state index is 11.8. The van der Waals surface area contributed by atoms with Crippen LogP contribution < -0.4 is 11.1 Å². The molecular formula is C14H29N3O. The molecule has 4 nitrogen and oxygen atoms in total. The Labute approximate surface area is 111 Å². The van der Waals surface area contributed by atoms with Gasteiger partial charge in [0.2, 0.25) is 5.91 Å². The molecule has 106 valence electrons. The Morgan fingerprint density at radius 1 is 1.39 bits per heavy atom. The molecule has 0 aromatic heterocycles. The third-order valence-corrected chi connectivity index (χ3v) is 3.72. The van der Waals surface area contributed by atoms with E-state index in [1.54, 1.807) is 0 Å². The Kier molecular flexibility index (Phi) is 6.09. The largest absolute Gasteiger partial charge is 0.353 e. The minimum absolute atomic E-state index is 0.150. The Bertz CT molecular complexity index is 264. The van der Waals surface area contributed by atoms with Gasteiger partial charge in [-0.1, -0.05) is 13.8 Å². The van der Waals surface area contributed by atoms with Crippen LogP contribution in [0.25, 0.3) is 0 Å². The van der Waals surface area contributed by atoms with Crippen molar-refractivity contribution in [2.75, 3.05) is 13.6 Å². The van der Waals surface area contributed by atoms with E-state index in [4.69, 9.17) is 5.73 Å². The van der Waals surface area contributed by atoms with Crippen LogP contribution in [0.15, 0.2) is 0 Å². The van der Waals surface area contributed by atoms with Gasteiger partial charge < -0.3 is 11.1 Å². The zero-order valence-electron chi connectivity index (χ0n) is 12.3. The van der Waals surface area contributed by atoms with Gasteiger partial charge in [0.1, 0.15) is 0 Å². The van der Waals surface area contributed by atoms with Crippen LogP contribution >= 0.6 is 0 Å². The van der Waals surface area contributed by atoms with Crippen LogP contribution in [-0.2, 0) is 4.79 Å². The highest BCUT2D eigenvalue weighted by atomic mass is 16.1. The summed E-state index contributed by atoms with van der Waals surface area (Å²) in [6.07, 6.45) is 3.93. The molecule has 4 heteroatoms. The average Bonchev–Trinajstić information content (AvgIpc) is 3.07. The third kappa shape index (κ3) is 5.36. The lowest BCUT2D eigenvalue weighted by atomic mass is 10.0. The molecule has 0 heterocycles. The van der Waals surface area contributed by atoms with Crippen molar-refractivity contribution in [1.29, 1.82) is 0 Å². The first-order chi connectivity index (χ1) is 8.43. The molecule has 0 saturated heterocycles. The van der Waals surface area contributed by atoms with E-state index in [0.717, 1.165) is 19.3 Å². The Morgan fingerprint density at radius 3 is 2.44 bits per heavy atom. The summed E-state index contributed by atoms with van der Waals surface area (Å²) in [4.78, 5) is 14.1. The highest BCUT2D eigenvalue weighted by Crippen LogP contribution is 2.19. The van der Waals surface area contributed by atoms with E-state index in [1.807, 2.05) is 0 Å². The van der Waals surface area contributed by atoms with Gasteiger partial charge in [0.15, 0.2) is 0 Å². The van der Waals surface area contributed by atoms with Gasteiger partial charge in [-0.3, -0.25) is 9.69 Å². The molecule has 2 unspecified atom stereocenters. The predicted octanol–water partition coefficient (Wildman–Crippen LogP) is 1.35. The van der Waals surface area contributed by atoms with Gasteiger partial charge in [0.25, 0.3) is 0 Å². The SMILES string of the molecule is CC(C)CC(C)N(C)C(CN)CC(=O)NC1CC1. The molecule has 1 rings (SSSR count). The van der Waals surface area contributed by atoms with E-state index < -0.39 is 0 Å². The normalized spacial score (nSPS) is 19.1. The number of nitrogens with two attached hydrogens (primary N) is 1. The summed E-state index contributed by atoms with van der Waals surface area (Å²) in [5, 5.41) is 3.03. The molecule has 0 spiro atoms. The highest BCUT2D eigenvalue weighted by molar-refractivity contribution is 5.77. The second-order valence-electron chi connectivity index (χ2n) is 6.08. The van der Waals surface area contributed by atoms with E-state index in [-0.39, 0.29) is 11.9 Å². The highest BCUT2D eigenvalue weighted by Gasteiger charge is 2.26. The Balaban J connectivity index is 2.39. The summed E-state index contributed by atoms with van der Waals surface area (Å²) < 4.78 is 0. The molecule has 0 aromatic carbocycles. The first-order valence-electron chi connectivity index (χ1n) is 7.15. The van der Waals surface area contributed by atoms with Gasteiger partial charge in [-0.15, -0.1) is 0 Å². The molecule has 1 amide bonds. The lowest BCUT2D eigenvalue weighted by Crippen LogP contribution is -2.46. The molecule has 0 aromatic rings. The average molecular weight is 255 g/mol. The molecule has 0 bridgehead atoms. The van der Waals surface area contributed by atoms with E-state index in [1.165, 1.54) is 0 Å². The molecule has 1 aliphatic rings. The number of nitrogens with zero attached hydrogens (tertiary/aromatic N) is 1. The van der Waals surface area contributed by atoms with E-state index >= 15 is 0 Å². The van der Waals surface area contributed by atoms with Gasteiger partial charge in [0, 0.05) is 31.1 Å². The smallest absolute Gasteiger partial charge is 0.221 e. The van der Waals surface area contributed by atoms with Crippen molar-refractivity contribution < 1.29 is 4.79 Å². The second-order valence-corrected chi connectivity index (χ2v) is 6.08. The number of hydrogen-bond donors (Lipinski definition) is 2. The molecule has 3 N–H and O–H groups in total. The minimum Gasteiger partial charge on any atom is -0.353 e. The summed E-state index contributed by atoms with van der Waals surface area (Å²) in [5.41, 5.74) is 5.82. The van der Waals surface area contributed by atoms with Crippen molar-refractivity contribution in [3.63, 3.8) is 0 Å². The number of rotatable bonds is 8. The van der Waals surface area contributed by atoms with Crippen molar-refractivity contribution in [1.82, 2.24) is 10.2 Å². The standard InChI is InChI=1S/C14H29N3O/c1-10(2)7-11(3)17(4)13(9-15)8-14(18)16-12-5-6-12/h10-13H,5-9,15H2,1-4H3,(H,16,18). The second kappa shape index (κ2) is 7.10. The van der Waals surface area contributed by atoms with Gasteiger partial charge in [-0.05, 0) is 39.2 Å². The molecule has 18 heavy (non-hydrogen) atoms. The van der Waals surface area contributed by atoms with Crippen molar-refractivity contribution in [3.8, 4) is 0 Å². The van der Waals surface area contributed by atoms with Crippen LogP contribution in [0.4, 0.5) is 0 Å². The quantitative estimate of drug-likeness (QED) is 0.688. The van der Waals surface area contributed by atoms with Crippen molar-refractivity contribution in [2.24, 2.45) is 11.7 Å². The zero-order valence-corrected chi connectivity index (χ0v) is 12.3. The number of carbonyl (C=O) groups excluding carboxylic acids is 1. The number of hydrogen-bond acceptors (Lipinski definition) is 3. The van der Waals surface area contributed by atoms with E-state index in [2.05, 4.69) is 38.0 Å². The topological polar surface area (TPSA) is 58.4 Å². The molecule has 1 aliphatic carbocycles. The third-order valence-electron chi connectivity index (χ3n) is 3.72. The summed E-state index contributed by atoms with van der Waals surface area (Å²) in [6, 6.07) is 1.05. The first kappa shape index (κ1) is 15.4. The summed E-state index contributed by atoms with van der Waals surface area (Å²) in [5.74, 6) is 0.817. The minimum atomic E-state index is 0.150. The maximum Gasteiger partial charge on any atom is 0.221 e. The lowest BCUT2D eigenvalue weighted by molar-refractivity contribution is -0.122. The summed E-state index contributed by atoms with van der Waals surface area (Å²) in [6.45, 7) is 7.20. The van der Waals surface area contributed by atoms with Crippen LogP contribution in [0.3, 0.4) is 0 Å². The van der Waals surface area contributed by atoms with Crippen LogP contribution in [0.5, 0.6) is 0 Å². The van der Waals surface area contributed by atoms with Crippen molar-refractivity contribution >= 4 is 5.91 Å². The van der Waals surface area contributed by atoms with Gasteiger partial charge in [0.05, 0.1) is 0 Å². The van der Waals surface area contributed by atoms with Crippen LogP contribution in [0.1, 0.15) is 46.5 Å². The fourth-order valence-corrected chi connectivity index (χ4v) is 2.33. The van der Waals surface area contributed by atoms with Crippen LogP contribution in [-0.4, -0.2) is 42.5 Å². The zero-order chi connectivity index (χ0) is 13.7. The van der Waals surface area contributed by atoms with E-state index in [0.29, 0.717) is 31.0 Å². The molecule has 1 fully saturated rings. The Hall–Kier alpha value is -0.610. The number of carbonyl (C=O) groups is 1. The van der Waals surface area contributed by atoms with Crippen LogP contribution in [0.2, 0.25) is 0 Å². The summed E-state index contributed by atoms with van der Waals surface area (Å²) in [7, 11) is 2.08. The monoisotopic (exact) mass is 255 g/mol.